The third-order valence-corrected chi connectivity index (χ3v) is 3.94. The van der Waals surface area contributed by atoms with Gasteiger partial charge in [-0.15, -0.1) is 11.3 Å². The van der Waals surface area contributed by atoms with Gasteiger partial charge < -0.3 is 10.1 Å². The van der Waals surface area contributed by atoms with Crippen LogP contribution in [-0.4, -0.2) is 23.5 Å². The van der Waals surface area contributed by atoms with Crippen LogP contribution in [0.15, 0.2) is 29.6 Å². The summed E-state index contributed by atoms with van der Waals surface area (Å²) in [6.07, 6.45) is 2.16. The Morgan fingerprint density at radius 2 is 2.25 bits per heavy atom. The Balaban J connectivity index is 1.83. The molecule has 0 radical (unpaired) electrons. The van der Waals surface area contributed by atoms with Crippen LogP contribution in [-0.2, 0) is 0 Å². The maximum absolute atomic E-state index is 12.0. The van der Waals surface area contributed by atoms with Crippen molar-refractivity contribution in [2.75, 3.05) is 6.61 Å². The number of nitrogens with one attached hydrogen (secondary N) is 1. The van der Waals surface area contributed by atoms with Gasteiger partial charge in [-0.05, 0) is 31.9 Å². The molecule has 0 atom stereocenters. The van der Waals surface area contributed by atoms with E-state index in [4.69, 9.17) is 4.74 Å². The van der Waals surface area contributed by atoms with Crippen molar-refractivity contribution in [1.82, 2.24) is 10.3 Å². The van der Waals surface area contributed by atoms with E-state index < -0.39 is 0 Å². The van der Waals surface area contributed by atoms with Gasteiger partial charge in [0.25, 0.3) is 5.91 Å². The van der Waals surface area contributed by atoms with E-state index in [9.17, 15) is 4.79 Å². The smallest absolute Gasteiger partial charge is 0.270 e. The zero-order chi connectivity index (χ0) is 13.9. The number of amides is 1. The molecule has 1 aliphatic rings. The Bertz CT molecular complexity index is 620. The van der Waals surface area contributed by atoms with Crippen molar-refractivity contribution in [2.45, 2.75) is 25.8 Å². The van der Waals surface area contributed by atoms with E-state index in [0.717, 1.165) is 29.2 Å². The topological polar surface area (TPSA) is 51.2 Å². The summed E-state index contributed by atoms with van der Waals surface area (Å²) in [5.74, 6) is 0.724. The highest BCUT2D eigenvalue weighted by Crippen LogP contribution is 2.32. The predicted octanol–water partition coefficient (Wildman–Crippen LogP) is 3.10. The predicted molar refractivity (Wildman–Crippen MR) is 79.2 cm³/mol. The van der Waals surface area contributed by atoms with E-state index in [1.165, 1.54) is 11.3 Å². The third-order valence-electron chi connectivity index (χ3n) is 3.07. The summed E-state index contributed by atoms with van der Waals surface area (Å²) in [7, 11) is 0. The fourth-order valence-electron chi connectivity index (χ4n) is 1.91. The van der Waals surface area contributed by atoms with Crippen LogP contribution in [0.1, 0.15) is 30.3 Å². The number of hydrogen-bond donors (Lipinski definition) is 1. The van der Waals surface area contributed by atoms with E-state index in [0.29, 0.717) is 18.3 Å². The average molecular weight is 288 g/mol. The molecule has 1 amide bonds. The summed E-state index contributed by atoms with van der Waals surface area (Å²) >= 11 is 1.47. The van der Waals surface area contributed by atoms with E-state index in [1.807, 2.05) is 31.2 Å². The van der Waals surface area contributed by atoms with E-state index in [-0.39, 0.29) is 5.91 Å². The average Bonchev–Trinajstić information content (AvgIpc) is 3.13. The van der Waals surface area contributed by atoms with Crippen molar-refractivity contribution < 1.29 is 9.53 Å². The molecule has 0 bridgehead atoms. The molecule has 104 valence electrons. The van der Waals surface area contributed by atoms with Gasteiger partial charge in [-0.2, -0.15) is 0 Å². The minimum absolute atomic E-state index is 0.0797. The minimum atomic E-state index is -0.0797. The van der Waals surface area contributed by atoms with Crippen LogP contribution >= 0.6 is 11.3 Å². The SMILES string of the molecule is CCOc1ccccc1-c1nc(C(=O)NC2CC2)cs1. The second kappa shape index (κ2) is 5.63. The molecule has 0 saturated heterocycles. The van der Waals surface area contributed by atoms with Gasteiger partial charge in [-0.1, -0.05) is 12.1 Å². The van der Waals surface area contributed by atoms with Crippen LogP contribution in [0.5, 0.6) is 5.75 Å². The van der Waals surface area contributed by atoms with Crippen LogP contribution in [0.3, 0.4) is 0 Å². The Kier molecular flexibility index (Phi) is 3.69. The van der Waals surface area contributed by atoms with Crippen molar-refractivity contribution in [3.63, 3.8) is 0 Å². The van der Waals surface area contributed by atoms with Crippen LogP contribution in [0.25, 0.3) is 10.6 Å². The number of rotatable bonds is 5. The number of thiazole rings is 1. The van der Waals surface area contributed by atoms with E-state index in [1.54, 1.807) is 5.38 Å². The highest BCUT2D eigenvalue weighted by molar-refractivity contribution is 7.13. The van der Waals surface area contributed by atoms with E-state index >= 15 is 0 Å². The number of carbonyl (C=O) groups is 1. The lowest BCUT2D eigenvalue weighted by Gasteiger charge is -2.07. The van der Waals surface area contributed by atoms with Gasteiger partial charge in [0.05, 0.1) is 12.2 Å². The molecule has 20 heavy (non-hydrogen) atoms. The van der Waals surface area contributed by atoms with Gasteiger partial charge in [-0.25, -0.2) is 4.98 Å². The van der Waals surface area contributed by atoms with Crippen LogP contribution < -0.4 is 10.1 Å². The maximum Gasteiger partial charge on any atom is 0.270 e. The van der Waals surface area contributed by atoms with Gasteiger partial charge in [0, 0.05) is 11.4 Å². The Labute approximate surface area is 121 Å². The Morgan fingerprint density at radius 3 is 3.00 bits per heavy atom. The number of ether oxygens (including phenoxy) is 1. The second-order valence-electron chi connectivity index (χ2n) is 4.71. The van der Waals surface area contributed by atoms with Crippen molar-refractivity contribution >= 4 is 17.2 Å². The molecule has 1 N–H and O–H groups in total. The summed E-state index contributed by atoms with van der Waals surface area (Å²) in [6.45, 7) is 2.56. The zero-order valence-electron chi connectivity index (χ0n) is 11.3. The van der Waals surface area contributed by atoms with Crippen LogP contribution in [0.4, 0.5) is 0 Å². The van der Waals surface area contributed by atoms with Crippen molar-refractivity contribution in [3.8, 4) is 16.3 Å². The summed E-state index contributed by atoms with van der Waals surface area (Å²) in [6, 6.07) is 8.12. The third kappa shape index (κ3) is 2.82. The fraction of sp³-hybridized carbons (Fsp3) is 0.333. The quantitative estimate of drug-likeness (QED) is 0.919. The summed E-state index contributed by atoms with van der Waals surface area (Å²) < 4.78 is 5.60. The summed E-state index contributed by atoms with van der Waals surface area (Å²) in [5.41, 5.74) is 1.42. The van der Waals surface area contributed by atoms with Gasteiger partial charge in [0.2, 0.25) is 0 Å². The molecule has 1 saturated carbocycles. The van der Waals surface area contributed by atoms with Gasteiger partial charge in [-0.3, -0.25) is 4.79 Å². The Hall–Kier alpha value is -1.88. The molecule has 5 heteroatoms. The minimum Gasteiger partial charge on any atom is -0.493 e. The number of carbonyl (C=O) groups excluding carboxylic acids is 1. The molecule has 2 aromatic rings. The molecule has 1 aromatic carbocycles. The molecule has 3 rings (SSSR count). The monoisotopic (exact) mass is 288 g/mol. The molecule has 0 unspecified atom stereocenters. The Morgan fingerprint density at radius 1 is 1.45 bits per heavy atom. The lowest BCUT2D eigenvalue weighted by atomic mass is 10.2. The second-order valence-corrected chi connectivity index (χ2v) is 5.57. The van der Waals surface area contributed by atoms with Crippen LogP contribution in [0, 0.1) is 0 Å². The molecule has 1 aliphatic carbocycles. The number of para-hydroxylation sites is 1. The molecular weight excluding hydrogens is 272 g/mol. The number of benzene rings is 1. The van der Waals surface area contributed by atoms with E-state index in [2.05, 4.69) is 10.3 Å². The lowest BCUT2D eigenvalue weighted by molar-refractivity contribution is 0.0947. The summed E-state index contributed by atoms with van der Waals surface area (Å²) in [4.78, 5) is 16.4. The molecular formula is C15H16N2O2S. The van der Waals surface area contributed by atoms with Crippen LogP contribution in [0.2, 0.25) is 0 Å². The largest absolute Gasteiger partial charge is 0.493 e. The van der Waals surface area contributed by atoms with Gasteiger partial charge in [0.15, 0.2) is 0 Å². The highest BCUT2D eigenvalue weighted by Gasteiger charge is 2.25. The van der Waals surface area contributed by atoms with Crippen molar-refractivity contribution in [1.29, 1.82) is 0 Å². The standard InChI is InChI=1S/C15H16N2O2S/c1-2-19-13-6-4-3-5-11(13)15-17-12(9-20-15)14(18)16-10-7-8-10/h3-6,9-10H,2,7-8H2,1H3,(H,16,18). The molecule has 1 heterocycles. The lowest BCUT2D eigenvalue weighted by Crippen LogP contribution is -2.25. The summed E-state index contributed by atoms with van der Waals surface area (Å²) in [5, 5.41) is 5.56. The molecule has 1 aromatic heterocycles. The van der Waals surface area contributed by atoms with Gasteiger partial charge >= 0.3 is 0 Å². The zero-order valence-corrected chi connectivity index (χ0v) is 12.1. The number of nitrogens with zero attached hydrogens (tertiary/aromatic N) is 1. The normalized spacial score (nSPS) is 14.1. The first-order valence-corrected chi connectivity index (χ1v) is 7.64. The molecule has 0 aliphatic heterocycles. The first-order chi connectivity index (χ1) is 9.78. The molecule has 1 fully saturated rings. The number of hydrogen-bond acceptors (Lipinski definition) is 4. The van der Waals surface area contributed by atoms with Crippen molar-refractivity contribution in [3.05, 3.63) is 35.3 Å². The fourth-order valence-corrected chi connectivity index (χ4v) is 2.74. The number of aromatic nitrogens is 1. The highest BCUT2D eigenvalue weighted by atomic mass is 32.1. The molecule has 4 nitrogen and oxygen atoms in total. The first-order valence-electron chi connectivity index (χ1n) is 6.76. The molecule has 0 spiro atoms. The van der Waals surface area contributed by atoms with Crippen molar-refractivity contribution in [2.24, 2.45) is 0 Å². The van der Waals surface area contributed by atoms with Gasteiger partial charge in [0.1, 0.15) is 16.5 Å². The maximum atomic E-state index is 12.0. The first kappa shape index (κ1) is 13.1.